The average molecular weight is 452 g/mol. The Bertz CT molecular complexity index is 738. The van der Waals surface area contributed by atoms with E-state index in [1.807, 2.05) is 37.3 Å². The summed E-state index contributed by atoms with van der Waals surface area (Å²) in [6.45, 7) is 8.39. The molecule has 0 spiro atoms. The van der Waals surface area contributed by atoms with Crippen molar-refractivity contribution in [2.24, 2.45) is 4.99 Å². The van der Waals surface area contributed by atoms with E-state index in [4.69, 9.17) is 0 Å². The number of hydrogen-bond acceptors (Lipinski definition) is 2. The van der Waals surface area contributed by atoms with Gasteiger partial charge in [0, 0.05) is 25.4 Å². The first-order chi connectivity index (χ1) is 11.7. The Morgan fingerprint density at radius 3 is 2.52 bits per heavy atom. The van der Waals surface area contributed by atoms with Crippen molar-refractivity contribution in [2.75, 3.05) is 13.1 Å². The van der Waals surface area contributed by atoms with Gasteiger partial charge in [-0.3, -0.25) is 4.79 Å². The van der Waals surface area contributed by atoms with Crippen LogP contribution in [0.1, 0.15) is 18.1 Å². The fourth-order valence-corrected chi connectivity index (χ4v) is 2.22. The van der Waals surface area contributed by atoms with Gasteiger partial charge in [-0.25, -0.2) is 4.99 Å². The Kier molecular flexibility index (Phi) is 9.61. The summed E-state index contributed by atoms with van der Waals surface area (Å²) < 4.78 is 1.69. The van der Waals surface area contributed by atoms with Gasteiger partial charge in [-0.2, -0.15) is 0 Å². The molecule has 0 saturated carbocycles. The summed E-state index contributed by atoms with van der Waals surface area (Å²) in [4.78, 5) is 16.3. The van der Waals surface area contributed by atoms with Gasteiger partial charge in [0.25, 0.3) is 5.56 Å². The number of nitrogens with one attached hydrogen (secondary N) is 2. The second kappa shape index (κ2) is 11.5. The molecule has 5 nitrogen and oxygen atoms in total. The summed E-state index contributed by atoms with van der Waals surface area (Å²) >= 11 is 0. The summed E-state index contributed by atoms with van der Waals surface area (Å²) in [5, 5.41) is 6.36. The van der Waals surface area contributed by atoms with Crippen LogP contribution in [0.25, 0.3) is 0 Å². The molecule has 6 heteroatoms. The predicted octanol–water partition coefficient (Wildman–Crippen LogP) is 2.76. The quantitative estimate of drug-likeness (QED) is 0.294. The van der Waals surface area contributed by atoms with Gasteiger partial charge in [-0.05, 0) is 24.1 Å². The molecule has 1 aromatic carbocycles. The SMILES string of the molecule is C=CCNC(=NCc1ccc(Cn2ccccc2=O)cc1)NCC.I. The number of hydrogen-bond donors (Lipinski definition) is 2. The van der Waals surface area contributed by atoms with Crippen molar-refractivity contribution < 1.29 is 0 Å². The summed E-state index contributed by atoms with van der Waals surface area (Å²) in [6, 6.07) is 13.4. The van der Waals surface area contributed by atoms with Crippen LogP contribution in [0.3, 0.4) is 0 Å². The standard InChI is InChI=1S/C19H24N4O.HI/c1-3-12-21-19(20-4-2)22-14-16-8-10-17(11-9-16)15-23-13-6-5-7-18(23)24;/h3,5-11,13H,1,4,12,14-15H2,2H3,(H2,20,21,22);1H. The highest BCUT2D eigenvalue weighted by Crippen LogP contribution is 2.07. The molecule has 0 bridgehead atoms. The van der Waals surface area contributed by atoms with Crippen LogP contribution in [0.15, 0.2) is 71.1 Å². The van der Waals surface area contributed by atoms with Crippen LogP contribution in [0, 0.1) is 0 Å². The molecule has 2 aromatic rings. The molecule has 0 aliphatic rings. The van der Waals surface area contributed by atoms with Crippen LogP contribution in [-0.4, -0.2) is 23.6 Å². The molecule has 2 N–H and O–H groups in total. The van der Waals surface area contributed by atoms with E-state index in [0.717, 1.165) is 23.6 Å². The first-order valence-electron chi connectivity index (χ1n) is 8.09. The molecular weight excluding hydrogens is 427 g/mol. The van der Waals surface area contributed by atoms with Crippen molar-refractivity contribution in [1.29, 1.82) is 0 Å². The number of halogens is 1. The van der Waals surface area contributed by atoms with Gasteiger partial charge in [0.1, 0.15) is 0 Å². The predicted molar refractivity (Wildman–Crippen MR) is 115 cm³/mol. The van der Waals surface area contributed by atoms with Crippen molar-refractivity contribution in [3.63, 3.8) is 0 Å². The number of guanidine groups is 1. The smallest absolute Gasteiger partial charge is 0.250 e. The van der Waals surface area contributed by atoms with Crippen molar-refractivity contribution in [2.45, 2.75) is 20.0 Å². The minimum Gasteiger partial charge on any atom is -0.357 e. The highest BCUT2D eigenvalue weighted by Gasteiger charge is 1.99. The lowest BCUT2D eigenvalue weighted by Gasteiger charge is -2.09. The molecule has 0 aliphatic carbocycles. The molecule has 2 rings (SSSR count). The van der Waals surface area contributed by atoms with Crippen LogP contribution in [0.2, 0.25) is 0 Å². The van der Waals surface area contributed by atoms with Gasteiger partial charge in [0.2, 0.25) is 0 Å². The van der Waals surface area contributed by atoms with Gasteiger partial charge in [0.15, 0.2) is 5.96 Å². The zero-order chi connectivity index (χ0) is 17.2. The fraction of sp³-hybridized carbons (Fsp3) is 0.263. The normalized spacial score (nSPS) is 10.7. The van der Waals surface area contributed by atoms with Gasteiger partial charge < -0.3 is 15.2 Å². The number of rotatable bonds is 7. The first kappa shape index (κ1) is 21.0. The van der Waals surface area contributed by atoms with E-state index in [-0.39, 0.29) is 29.5 Å². The second-order valence-corrected chi connectivity index (χ2v) is 5.35. The Hall–Kier alpha value is -2.09. The monoisotopic (exact) mass is 452 g/mol. The van der Waals surface area contributed by atoms with Crippen molar-refractivity contribution in [3.8, 4) is 0 Å². The van der Waals surface area contributed by atoms with E-state index in [9.17, 15) is 4.79 Å². The minimum absolute atomic E-state index is 0. The maximum Gasteiger partial charge on any atom is 0.250 e. The molecule has 0 fully saturated rings. The molecule has 1 aromatic heterocycles. The van der Waals surface area contributed by atoms with Crippen molar-refractivity contribution in [3.05, 3.63) is 82.8 Å². The molecule has 0 saturated heterocycles. The number of aromatic nitrogens is 1. The number of pyridine rings is 1. The minimum atomic E-state index is 0. The van der Waals surface area contributed by atoms with Gasteiger partial charge >= 0.3 is 0 Å². The molecule has 25 heavy (non-hydrogen) atoms. The van der Waals surface area contributed by atoms with E-state index in [1.54, 1.807) is 29.0 Å². The zero-order valence-corrected chi connectivity index (χ0v) is 16.8. The maximum absolute atomic E-state index is 11.7. The van der Waals surface area contributed by atoms with Crippen LogP contribution >= 0.6 is 24.0 Å². The van der Waals surface area contributed by atoms with Crippen LogP contribution in [-0.2, 0) is 13.1 Å². The van der Waals surface area contributed by atoms with E-state index >= 15 is 0 Å². The summed E-state index contributed by atoms with van der Waals surface area (Å²) in [5.74, 6) is 0.775. The Labute approximate surface area is 165 Å². The molecule has 0 atom stereocenters. The number of benzene rings is 1. The fourth-order valence-electron chi connectivity index (χ4n) is 2.22. The van der Waals surface area contributed by atoms with Crippen LogP contribution < -0.4 is 16.2 Å². The van der Waals surface area contributed by atoms with E-state index in [1.165, 1.54) is 0 Å². The number of aliphatic imine (C=N–C) groups is 1. The van der Waals surface area contributed by atoms with Crippen LogP contribution in [0.5, 0.6) is 0 Å². The topological polar surface area (TPSA) is 58.4 Å². The van der Waals surface area contributed by atoms with Gasteiger partial charge in [0.05, 0.1) is 13.1 Å². The molecule has 0 unspecified atom stereocenters. The molecule has 0 radical (unpaired) electrons. The average Bonchev–Trinajstić information content (AvgIpc) is 2.60. The molecule has 134 valence electrons. The van der Waals surface area contributed by atoms with Gasteiger partial charge in [-0.15, -0.1) is 30.6 Å². The van der Waals surface area contributed by atoms with Crippen molar-refractivity contribution >= 4 is 29.9 Å². The Balaban J connectivity index is 0.00000312. The van der Waals surface area contributed by atoms with E-state index in [0.29, 0.717) is 19.6 Å². The number of nitrogens with zero attached hydrogens (tertiary/aromatic N) is 2. The van der Waals surface area contributed by atoms with Crippen molar-refractivity contribution in [1.82, 2.24) is 15.2 Å². The van der Waals surface area contributed by atoms with Gasteiger partial charge in [-0.1, -0.05) is 36.4 Å². The first-order valence-corrected chi connectivity index (χ1v) is 8.09. The Morgan fingerprint density at radius 2 is 1.88 bits per heavy atom. The molecular formula is C19H25IN4O. The largest absolute Gasteiger partial charge is 0.357 e. The zero-order valence-electron chi connectivity index (χ0n) is 14.4. The Morgan fingerprint density at radius 1 is 1.16 bits per heavy atom. The summed E-state index contributed by atoms with van der Waals surface area (Å²) in [5.41, 5.74) is 2.22. The third-order valence-electron chi connectivity index (χ3n) is 3.45. The third-order valence-corrected chi connectivity index (χ3v) is 3.45. The maximum atomic E-state index is 11.7. The van der Waals surface area contributed by atoms with Crippen LogP contribution in [0.4, 0.5) is 0 Å². The lowest BCUT2D eigenvalue weighted by Crippen LogP contribution is -2.37. The van der Waals surface area contributed by atoms with E-state index < -0.39 is 0 Å². The second-order valence-electron chi connectivity index (χ2n) is 5.35. The molecule has 0 amide bonds. The highest BCUT2D eigenvalue weighted by atomic mass is 127. The lowest BCUT2D eigenvalue weighted by atomic mass is 10.1. The lowest BCUT2D eigenvalue weighted by molar-refractivity contribution is 0.759. The highest BCUT2D eigenvalue weighted by molar-refractivity contribution is 14.0. The summed E-state index contributed by atoms with van der Waals surface area (Å²) in [7, 11) is 0. The van der Waals surface area contributed by atoms with E-state index in [2.05, 4.69) is 22.2 Å². The summed E-state index contributed by atoms with van der Waals surface area (Å²) in [6.07, 6.45) is 3.60. The third kappa shape index (κ3) is 7.13. The molecule has 1 heterocycles. The molecule has 0 aliphatic heterocycles.